The van der Waals surface area contributed by atoms with Crippen molar-refractivity contribution < 1.29 is 4.79 Å². The van der Waals surface area contributed by atoms with Crippen LogP contribution in [0.3, 0.4) is 0 Å². The van der Waals surface area contributed by atoms with Crippen molar-refractivity contribution in [3.05, 3.63) is 35.9 Å². The minimum atomic E-state index is -0.198. The number of likely N-dealkylation sites (tertiary alicyclic amines) is 1. The summed E-state index contributed by atoms with van der Waals surface area (Å²) in [6, 6.07) is 11.1. The Kier molecular flexibility index (Phi) is 4.39. The first-order valence-corrected chi connectivity index (χ1v) is 11.5. The number of rotatable bonds is 2. The van der Waals surface area contributed by atoms with Crippen LogP contribution >= 0.6 is 0 Å². The molecule has 1 aromatic carbocycles. The fraction of sp³-hybridized carbons (Fsp3) is 0.720. The average molecular weight is 381 g/mol. The average Bonchev–Trinajstić information content (AvgIpc) is 3.31. The van der Waals surface area contributed by atoms with Crippen LogP contribution in [-0.2, 0) is 10.2 Å². The lowest BCUT2D eigenvalue weighted by Gasteiger charge is -2.54. The van der Waals surface area contributed by atoms with Gasteiger partial charge in [0.05, 0.1) is 0 Å². The zero-order valence-corrected chi connectivity index (χ0v) is 17.7. The van der Waals surface area contributed by atoms with Gasteiger partial charge in [0.2, 0.25) is 5.91 Å². The highest BCUT2D eigenvalue weighted by atomic mass is 16.2. The molecular weight excluding hydrogens is 344 g/mol. The predicted octanol–water partition coefficient (Wildman–Crippen LogP) is 4.37. The standard InChI is InChI=1S/C25H36N2O/c1-19-12-20-14-23(2,16-25(13-19,15-20)21-6-4-3-5-7-21)22(28)27-11-9-24(18-27)8-10-26-17-24/h3-7,19-20,26H,8-18H2,1-2H3. The Morgan fingerprint density at radius 3 is 2.71 bits per heavy atom. The summed E-state index contributed by atoms with van der Waals surface area (Å²) in [5.41, 5.74) is 1.83. The highest BCUT2D eigenvalue weighted by Crippen LogP contribution is 2.58. The van der Waals surface area contributed by atoms with Gasteiger partial charge in [0, 0.05) is 30.5 Å². The minimum absolute atomic E-state index is 0.193. The van der Waals surface area contributed by atoms with Crippen LogP contribution in [0.1, 0.15) is 64.4 Å². The molecule has 1 N–H and O–H groups in total. The molecule has 2 bridgehead atoms. The maximum absolute atomic E-state index is 13.9. The van der Waals surface area contributed by atoms with E-state index in [4.69, 9.17) is 0 Å². The van der Waals surface area contributed by atoms with E-state index in [1.807, 2.05) is 0 Å². The number of amides is 1. The number of carbonyl (C=O) groups is 1. The number of nitrogens with one attached hydrogen (secondary N) is 1. The lowest BCUT2D eigenvalue weighted by molar-refractivity contribution is -0.147. The molecule has 152 valence electrons. The second kappa shape index (κ2) is 6.58. The molecule has 5 atom stereocenters. The molecule has 5 rings (SSSR count). The van der Waals surface area contributed by atoms with Gasteiger partial charge in [-0.15, -0.1) is 0 Å². The van der Waals surface area contributed by atoms with E-state index in [1.54, 1.807) is 0 Å². The van der Waals surface area contributed by atoms with E-state index in [0.29, 0.717) is 17.2 Å². The summed E-state index contributed by atoms with van der Waals surface area (Å²) in [5, 5.41) is 3.53. The van der Waals surface area contributed by atoms with Gasteiger partial charge in [-0.25, -0.2) is 0 Å². The third-order valence-corrected chi connectivity index (χ3v) is 8.58. The first kappa shape index (κ1) is 18.7. The summed E-state index contributed by atoms with van der Waals surface area (Å²) >= 11 is 0. The first-order chi connectivity index (χ1) is 13.4. The van der Waals surface area contributed by atoms with E-state index in [1.165, 1.54) is 37.7 Å². The van der Waals surface area contributed by atoms with Gasteiger partial charge in [0.15, 0.2) is 0 Å². The Balaban J connectivity index is 1.42. The summed E-state index contributed by atoms with van der Waals surface area (Å²) in [7, 11) is 0. The van der Waals surface area contributed by atoms with Crippen molar-refractivity contribution in [2.75, 3.05) is 26.2 Å². The SMILES string of the molecule is CC1CC2CC(C)(C(=O)N3CCC4(CCNC4)C3)CC(c3ccccc3)(C1)C2. The molecule has 1 aromatic rings. The molecule has 3 nitrogen and oxygen atoms in total. The highest BCUT2D eigenvalue weighted by molar-refractivity contribution is 5.83. The van der Waals surface area contributed by atoms with Gasteiger partial charge >= 0.3 is 0 Å². The Bertz CT molecular complexity index is 736. The third kappa shape index (κ3) is 3.01. The molecule has 0 radical (unpaired) electrons. The van der Waals surface area contributed by atoms with E-state index < -0.39 is 0 Å². The number of hydrogen-bond acceptors (Lipinski definition) is 2. The van der Waals surface area contributed by atoms with Crippen LogP contribution < -0.4 is 5.32 Å². The number of nitrogens with zero attached hydrogens (tertiary/aromatic N) is 1. The molecule has 1 amide bonds. The van der Waals surface area contributed by atoms with E-state index >= 15 is 0 Å². The Hall–Kier alpha value is -1.35. The second-order valence-corrected chi connectivity index (χ2v) is 11.1. The third-order valence-electron chi connectivity index (χ3n) is 8.58. The molecule has 0 aromatic heterocycles. The fourth-order valence-corrected chi connectivity index (χ4v) is 7.72. The molecule has 28 heavy (non-hydrogen) atoms. The van der Waals surface area contributed by atoms with Crippen LogP contribution in [0.4, 0.5) is 0 Å². The largest absolute Gasteiger partial charge is 0.342 e. The molecular formula is C25H36N2O. The molecule has 2 aliphatic heterocycles. The van der Waals surface area contributed by atoms with Gasteiger partial charge < -0.3 is 10.2 Å². The molecule has 5 unspecified atom stereocenters. The van der Waals surface area contributed by atoms with Crippen molar-refractivity contribution in [2.45, 2.75) is 64.2 Å². The van der Waals surface area contributed by atoms with Crippen molar-refractivity contribution in [3.63, 3.8) is 0 Å². The number of fused-ring (bicyclic) bond motifs is 2. The van der Waals surface area contributed by atoms with Crippen LogP contribution in [0, 0.1) is 22.7 Å². The monoisotopic (exact) mass is 380 g/mol. The fourth-order valence-electron chi connectivity index (χ4n) is 7.72. The molecule has 4 fully saturated rings. The zero-order valence-electron chi connectivity index (χ0n) is 17.7. The lowest BCUT2D eigenvalue weighted by atomic mass is 9.50. The van der Waals surface area contributed by atoms with Crippen molar-refractivity contribution in [2.24, 2.45) is 22.7 Å². The Morgan fingerprint density at radius 2 is 1.96 bits per heavy atom. The van der Waals surface area contributed by atoms with E-state index in [-0.39, 0.29) is 10.8 Å². The molecule has 2 heterocycles. The van der Waals surface area contributed by atoms with Gasteiger partial charge in [-0.1, -0.05) is 44.2 Å². The molecule has 4 aliphatic rings. The van der Waals surface area contributed by atoms with Gasteiger partial charge in [-0.3, -0.25) is 4.79 Å². The minimum Gasteiger partial charge on any atom is -0.342 e. The van der Waals surface area contributed by atoms with Crippen LogP contribution in [0.5, 0.6) is 0 Å². The number of carbonyl (C=O) groups excluding carboxylic acids is 1. The summed E-state index contributed by atoms with van der Waals surface area (Å²) < 4.78 is 0. The predicted molar refractivity (Wildman–Crippen MR) is 113 cm³/mol. The number of benzene rings is 1. The van der Waals surface area contributed by atoms with E-state index in [9.17, 15) is 4.79 Å². The van der Waals surface area contributed by atoms with Gasteiger partial charge in [-0.2, -0.15) is 0 Å². The highest BCUT2D eigenvalue weighted by Gasteiger charge is 2.55. The molecule has 2 saturated heterocycles. The molecule has 2 aliphatic carbocycles. The normalized spacial score (nSPS) is 42.9. The molecule has 1 spiro atoms. The maximum Gasteiger partial charge on any atom is 0.228 e. The topological polar surface area (TPSA) is 32.3 Å². The number of hydrogen-bond donors (Lipinski definition) is 1. The lowest BCUT2D eigenvalue weighted by Crippen LogP contribution is -2.53. The van der Waals surface area contributed by atoms with Crippen molar-refractivity contribution in [1.29, 1.82) is 0 Å². The van der Waals surface area contributed by atoms with Crippen LogP contribution in [-0.4, -0.2) is 37.0 Å². The summed E-state index contributed by atoms with van der Waals surface area (Å²) in [6.07, 6.45) is 8.36. The second-order valence-electron chi connectivity index (χ2n) is 11.1. The first-order valence-electron chi connectivity index (χ1n) is 11.5. The van der Waals surface area contributed by atoms with Crippen LogP contribution in [0.2, 0.25) is 0 Å². The Labute approximate surface area is 170 Å². The maximum atomic E-state index is 13.9. The van der Waals surface area contributed by atoms with Gasteiger partial charge in [0.1, 0.15) is 0 Å². The summed E-state index contributed by atoms with van der Waals surface area (Å²) in [6.45, 7) is 8.89. The summed E-state index contributed by atoms with van der Waals surface area (Å²) in [5.74, 6) is 1.91. The van der Waals surface area contributed by atoms with E-state index in [0.717, 1.165) is 44.9 Å². The van der Waals surface area contributed by atoms with E-state index in [2.05, 4.69) is 54.4 Å². The molecule has 3 heteroatoms. The van der Waals surface area contributed by atoms with Crippen molar-refractivity contribution in [1.82, 2.24) is 10.2 Å². The smallest absolute Gasteiger partial charge is 0.228 e. The van der Waals surface area contributed by atoms with Gasteiger partial charge in [0.25, 0.3) is 0 Å². The summed E-state index contributed by atoms with van der Waals surface area (Å²) in [4.78, 5) is 16.1. The zero-order chi connectivity index (χ0) is 19.4. The van der Waals surface area contributed by atoms with Crippen molar-refractivity contribution >= 4 is 5.91 Å². The van der Waals surface area contributed by atoms with Crippen LogP contribution in [0.15, 0.2) is 30.3 Å². The van der Waals surface area contributed by atoms with Gasteiger partial charge in [-0.05, 0) is 74.3 Å². The van der Waals surface area contributed by atoms with Crippen molar-refractivity contribution in [3.8, 4) is 0 Å². The Morgan fingerprint density at radius 1 is 1.14 bits per heavy atom. The quantitative estimate of drug-likeness (QED) is 0.826. The van der Waals surface area contributed by atoms with Crippen LogP contribution in [0.25, 0.3) is 0 Å². The molecule has 2 saturated carbocycles.